The quantitative estimate of drug-likeness (QED) is 0.523. The van der Waals surface area contributed by atoms with Gasteiger partial charge in [-0.15, -0.1) is 0 Å². The molecule has 0 aliphatic rings. The third-order valence-corrected chi connectivity index (χ3v) is 3.57. The highest BCUT2D eigenvalue weighted by Crippen LogP contribution is 2.26. The van der Waals surface area contributed by atoms with Gasteiger partial charge in [0, 0.05) is 11.1 Å². The Morgan fingerprint density at radius 2 is 1.63 bits per heavy atom. The van der Waals surface area contributed by atoms with E-state index in [1.165, 1.54) is 0 Å². The first-order valence-corrected chi connectivity index (χ1v) is 6.44. The van der Waals surface area contributed by atoms with Gasteiger partial charge in [0.2, 0.25) is 0 Å². The van der Waals surface area contributed by atoms with Gasteiger partial charge in [0.1, 0.15) is 5.15 Å². The van der Waals surface area contributed by atoms with Crippen LogP contribution in [0.25, 0.3) is 22.0 Å². The molecule has 3 aromatic rings. The van der Waals surface area contributed by atoms with Gasteiger partial charge in [-0.2, -0.15) is 0 Å². The molecular weight excluding hydrogens is 256 g/mol. The van der Waals surface area contributed by atoms with Crippen LogP contribution in [0.3, 0.4) is 0 Å². The van der Waals surface area contributed by atoms with Crippen molar-refractivity contribution in [3.8, 4) is 11.1 Å². The van der Waals surface area contributed by atoms with Gasteiger partial charge < -0.3 is 5.73 Å². The van der Waals surface area contributed by atoms with Crippen LogP contribution in [0.4, 0.5) is 5.69 Å². The molecule has 0 saturated heterocycles. The second kappa shape index (κ2) is 4.56. The lowest BCUT2D eigenvalue weighted by atomic mass is 10.0. The Bertz CT molecular complexity index is 749. The molecule has 3 rings (SSSR count). The maximum Gasteiger partial charge on any atom is 0.132 e. The lowest BCUT2D eigenvalue weighted by molar-refractivity contribution is 1.33. The number of fused-ring (bicyclic) bond motifs is 1. The molecular formula is C16H13ClN2. The number of aromatic nitrogens is 1. The average Bonchev–Trinajstić information content (AvgIpc) is 2.40. The molecule has 0 spiro atoms. The van der Waals surface area contributed by atoms with Gasteiger partial charge in [0.05, 0.1) is 5.52 Å². The van der Waals surface area contributed by atoms with Gasteiger partial charge >= 0.3 is 0 Å². The highest BCUT2D eigenvalue weighted by molar-refractivity contribution is 6.30. The van der Waals surface area contributed by atoms with Crippen LogP contribution in [0, 0.1) is 6.92 Å². The molecule has 2 aromatic carbocycles. The molecule has 1 heterocycles. The lowest BCUT2D eigenvalue weighted by Gasteiger charge is -2.06. The van der Waals surface area contributed by atoms with E-state index in [9.17, 15) is 0 Å². The number of nitrogens with zero attached hydrogens (tertiary/aromatic N) is 1. The lowest BCUT2D eigenvalue weighted by Crippen LogP contribution is -1.87. The van der Waals surface area contributed by atoms with E-state index in [0.717, 1.165) is 33.3 Å². The van der Waals surface area contributed by atoms with Crippen LogP contribution in [-0.2, 0) is 0 Å². The molecule has 0 atom stereocenters. The molecule has 94 valence electrons. The Morgan fingerprint density at radius 3 is 2.37 bits per heavy atom. The summed E-state index contributed by atoms with van der Waals surface area (Å²) < 4.78 is 0. The maximum absolute atomic E-state index is 6.04. The summed E-state index contributed by atoms with van der Waals surface area (Å²) in [6.07, 6.45) is 0. The number of hydrogen-bond donors (Lipinski definition) is 1. The normalized spacial score (nSPS) is 10.8. The van der Waals surface area contributed by atoms with E-state index in [1.807, 2.05) is 43.3 Å². The molecule has 0 aliphatic carbocycles. The van der Waals surface area contributed by atoms with Gasteiger partial charge in [-0.3, -0.25) is 0 Å². The Labute approximate surface area is 116 Å². The maximum atomic E-state index is 6.04. The second-order valence-corrected chi connectivity index (χ2v) is 4.98. The zero-order valence-corrected chi connectivity index (χ0v) is 11.3. The van der Waals surface area contributed by atoms with Gasteiger partial charge in [0.15, 0.2) is 0 Å². The largest absolute Gasteiger partial charge is 0.399 e. The number of nitrogens with two attached hydrogens (primary N) is 1. The van der Waals surface area contributed by atoms with E-state index < -0.39 is 0 Å². The first-order valence-electron chi connectivity index (χ1n) is 6.06. The third kappa shape index (κ3) is 2.27. The van der Waals surface area contributed by atoms with E-state index in [0.29, 0.717) is 5.15 Å². The van der Waals surface area contributed by atoms with Crippen molar-refractivity contribution in [3.63, 3.8) is 0 Å². The highest BCUT2D eigenvalue weighted by atomic mass is 35.5. The number of pyridine rings is 1. The standard InChI is InChI=1S/C16H13ClN2/c1-10-8-13-9-12(4-7-15(13)19-16(10)17)11-2-5-14(18)6-3-11/h2-9H,18H2,1H3. The molecule has 0 bridgehead atoms. The average molecular weight is 269 g/mol. The van der Waals surface area contributed by atoms with Crippen LogP contribution < -0.4 is 5.73 Å². The molecule has 2 N–H and O–H groups in total. The van der Waals surface area contributed by atoms with Gasteiger partial charge in [0.25, 0.3) is 0 Å². The first-order chi connectivity index (χ1) is 9.13. The minimum Gasteiger partial charge on any atom is -0.399 e. The molecule has 0 fully saturated rings. The Balaban J connectivity index is 2.16. The summed E-state index contributed by atoms with van der Waals surface area (Å²) in [5, 5.41) is 1.66. The second-order valence-electron chi connectivity index (χ2n) is 4.63. The molecule has 0 unspecified atom stereocenters. The summed E-state index contributed by atoms with van der Waals surface area (Å²) in [6.45, 7) is 1.96. The van der Waals surface area contributed by atoms with Crippen molar-refractivity contribution in [1.29, 1.82) is 0 Å². The molecule has 1 aromatic heterocycles. The van der Waals surface area contributed by atoms with Crippen molar-refractivity contribution in [2.45, 2.75) is 6.92 Å². The Morgan fingerprint density at radius 1 is 0.947 bits per heavy atom. The topological polar surface area (TPSA) is 38.9 Å². The van der Waals surface area contributed by atoms with Crippen LogP contribution in [0.2, 0.25) is 5.15 Å². The zero-order chi connectivity index (χ0) is 13.4. The fourth-order valence-electron chi connectivity index (χ4n) is 2.11. The van der Waals surface area contributed by atoms with Gasteiger partial charge in [-0.25, -0.2) is 4.98 Å². The van der Waals surface area contributed by atoms with Crippen molar-refractivity contribution in [1.82, 2.24) is 4.98 Å². The predicted molar refractivity (Wildman–Crippen MR) is 81.3 cm³/mol. The SMILES string of the molecule is Cc1cc2cc(-c3ccc(N)cc3)ccc2nc1Cl. The molecule has 0 amide bonds. The number of anilines is 1. The summed E-state index contributed by atoms with van der Waals surface area (Å²) in [5.74, 6) is 0. The fourth-order valence-corrected chi connectivity index (χ4v) is 2.26. The van der Waals surface area contributed by atoms with E-state index in [1.54, 1.807) is 0 Å². The summed E-state index contributed by atoms with van der Waals surface area (Å²) in [6, 6.07) is 16.1. The molecule has 0 saturated carbocycles. The van der Waals surface area contributed by atoms with Crippen LogP contribution in [0.5, 0.6) is 0 Å². The number of benzene rings is 2. The molecule has 19 heavy (non-hydrogen) atoms. The van der Waals surface area contributed by atoms with Crippen LogP contribution >= 0.6 is 11.6 Å². The first kappa shape index (κ1) is 12.0. The number of rotatable bonds is 1. The van der Waals surface area contributed by atoms with Crippen molar-refractivity contribution < 1.29 is 0 Å². The van der Waals surface area contributed by atoms with Crippen LogP contribution in [0.1, 0.15) is 5.56 Å². The van der Waals surface area contributed by atoms with E-state index in [2.05, 4.69) is 17.1 Å². The molecule has 2 nitrogen and oxygen atoms in total. The molecule has 3 heteroatoms. The number of halogens is 1. The highest BCUT2D eigenvalue weighted by Gasteiger charge is 2.03. The number of hydrogen-bond acceptors (Lipinski definition) is 2. The van der Waals surface area contributed by atoms with Crippen molar-refractivity contribution in [2.75, 3.05) is 5.73 Å². The minimum atomic E-state index is 0.563. The zero-order valence-electron chi connectivity index (χ0n) is 10.5. The molecule has 0 radical (unpaired) electrons. The van der Waals surface area contributed by atoms with Crippen molar-refractivity contribution in [3.05, 3.63) is 59.2 Å². The third-order valence-electron chi connectivity index (χ3n) is 3.19. The summed E-state index contributed by atoms with van der Waals surface area (Å²) in [5.41, 5.74) is 10.7. The summed E-state index contributed by atoms with van der Waals surface area (Å²) >= 11 is 6.04. The summed E-state index contributed by atoms with van der Waals surface area (Å²) in [7, 11) is 0. The number of aryl methyl sites for hydroxylation is 1. The predicted octanol–water partition coefficient (Wildman–Crippen LogP) is 4.45. The minimum absolute atomic E-state index is 0.563. The monoisotopic (exact) mass is 268 g/mol. The van der Waals surface area contributed by atoms with E-state index in [4.69, 9.17) is 17.3 Å². The smallest absolute Gasteiger partial charge is 0.132 e. The molecule has 0 aliphatic heterocycles. The van der Waals surface area contributed by atoms with Crippen molar-refractivity contribution >= 4 is 28.2 Å². The Kier molecular flexibility index (Phi) is 2.88. The van der Waals surface area contributed by atoms with Gasteiger partial charge in [-0.05, 0) is 53.9 Å². The van der Waals surface area contributed by atoms with Gasteiger partial charge in [-0.1, -0.05) is 29.8 Å². The van der Waals surface area contributed by atoms with E-state index in [-0.39, 0.29) is 0 Å². The van der Waals surface area contributed by atoms with Crippen molar-refractivity contribution in [2.24, 2.45) is 0 Å². The van der Waals surface area contributed by atoms with Crippen LogP contribution in [-0.4, -0.2) is 4.98 Å². The fraction of sp³-hybridized carbons (Fsp3) is 0.0625. The Hall–Kier alpha value is -2.06. The summed E-state index contributed by atoms with van der Waals surface area (Å²) in [4.78, 5) is 4.37. The number of nitrogen functional groups attached to an aromatic ring is 1. The van der Waals surface area contributed by atoms with E-state index >= 15 is 0 Å². The van der Waals surface area contributed by atoms with Crippen LogP contribution in [0.15, 0.2) is 48.5 Å².